The Morgan fingerprint density at radius 1 is 0.933 bits per heavy atom. The third kappa shape index (κ3) is 8.82. The molecular weight excluding hydrogens is 247 g/mol. The second-order valence-corrected chi connectivity index (χ2v) is 8.75. The second-order valence-electron chi connectivity index (χ2n) is 3.86. The van der Waals surface area contributed by atoms with Crippen LogP contribution in [0.3, 0.4) is 0 Å². The highest BCUT2D eigenvalue weighted by Crippen LogP contribution is 2.59. The van der Waals surface area contributed by atoms with E-state index in [-0.39, 0.29) is 12.2 Å². The first-order chi connectivity index (χ1) is 6.91. The topological polar surface area (TPSA) is 18.5 Å². The third-order valence-electron chi connectivity index (χ3n) is 2.01. The Balaban J connectivity index is 3.94. The molecule has 0 fully saturated rings. The minimum atomic E-state index is -2.45. The van der Waals surface area contributed by atoms with Gasteiger partial charge in [0.2, 0.25) is 0 Å². The fourth-order valence-corrected chi connectivity index (χ4v) is 4.29. The average Bonchev–Trinajstić information content (AvgIpc) is 2.01. The molecule has 0 saturated carbocycles. The fraction of sp³-hybridized carbons (Fsp3) is 1.00. The summed E-state index contributed by atoms with van der Waals surface area (Å²) in [6.45, 7) is 8.25. The lowest BCUT2D eigenvalue weighted by molar-refractivity contribution is 0.155. The molecule has 0 N–H and O–H groups in total. The Kier molecular flexibility index (Phi) is 8.76. The number of hydrogen-bond donors (Lipinski definition) is 0. The van der Waals surface area contributed by atoms with Crippen molar-refractivity contribution in [1.82, 2.24) is 0 Å². The van der Waals surface area contributed by atoms with E-state index in [1.807, 2.05) is 13.8 Å². The Morgan fingerprint density at radius 3 is 1.53 bits per heavy atom. The summed E-state index contributed by atoms with van der Waals surface area (Å²) in [5.41, 5.74) is 0. The van der Waals surface area contributed by atoms with Crippen LogP contribution in [0.5, 0.6) is 0 Å². The standard InChI is InChI=1S/C10H23O2PS2/c1-5-7-9(3)11-13(14,15)12-10(4)8-6-2/h9-10H,5-8H2,1-4H3,(H,14,15)/p-1. The average molecular weight is 269 g/mol. The van der Waals surface area contributed by atoms with Gasteiger partial charge < -0.3 is 24.5 Å². The zero-order chi connectivity index (χ0) is 11.9. The number of rotatable bonds is 8. The van der Waals surface area contributed by atoms with E-state index in [4.69, 9.17) is 33.5 Å². The van der Waals surface area contributed by atoms with Gasteiger partial charge in [0.15, 0.2) is 0 Å². The van der Waals surface area contributed by atoms with E-state index in [2.05, 4.69) is 13.8 Å². The van der Waals surface area contributed by atoms with Crippen molar-refractivity contribution >= 4 is 30.6 Å². The normalized spacial score (nSPS) is 16.4. The molecule has 15 heavy (non-hydrogen) atoms. The molecule has 0 heterocycles. The molecule has 0 aliphatic carbocycles. The summed E-state index contributed by atoms with van der Waals surface area (Å²) in [7, 11) is 0. The van der Waals surface area contributed by atoms with Crippen LogP contribution in [0.15, 0.2) is 0 Å². The zero-order valence-corrected chi connectivity index (χ0v) is 12.6. The summed E-state index contributed by atoms with van der Waals surface area (Å²) in [6.07, 6.45) is 1.92. The lowest BCUT2D eigenvalue weighted by atomic mass is 10.2. The van der Waals surface area contributed by atoms with Crippen LogP contribution in [-0.4, -0.2) is 12.2 Å². The molecule has 0 aromatic carbocycles. The maximum Gasteiger partial charge on any atom is 0.0971 e. The minimum absolute atomic E-state index is 0.118. The van der Waals surface area contributed by atoms with Gasteiger partial charge in [-0.15, -0.1) is 0 Å². The highest BCUT2D eigenvalue weighted by Gasteiger charge is 2.18. The molecule has 0 bridgehead atoms. The summed E-state index contributed by atoms with van der Waals surface area (Å²) in [5, 5.41) is 0. The van der Waals surface area contributed by atoms with Crippen LogP contribution in [0.25, 0.3) is 0 Å². The molecule has 2 nitrogen and oxygen atoms in total. The zero-order valence-electron chi connectivity index (χ0n) is 10.1. The maximum atomic E-state index is 5.61. The molecule has 0 aromatic rings. The van der Waals surface area contributed by atoms with Gasteiger partial charge >= 0.3 is 0 Å². The summed E-state index contributed by atoms with van der Waals surface area (Å²) in [6, 6.07) is 0. The van der Waals surface area contributed by atoms with Crippen LogP contribution in [-0.2, 0) is 33.5 Å². The van der Waals surface area contributed by atoms with E-state index in [0.29, 0.717) is 0 Å². The summed E-state index contributed by atoms with van der Waals surface area (Å²) in [5.74, 6) is 0. The Hall–Kier alpha value is 1.05. The van der Waals surface area contributed by atoms with E-state index in [1.165, 1.54) is 0 Å². The van der Waals surface area contributed by atoms with Crippen molar-refractivity contribution in [1.29, 1.82) is 0 Å². The molecule has 0 spiro atoms. The van der Waals surface area contributed by atoms with Gasteiger partial charge in [0.25, 0.3) is 0 Å². The maximum absolute atomic E-state index is 5.61. The van der Waals surface area contributed by atoms with E-state index < -0.39 is 6.12 Å². The smallest absolute Gasteiger partial charge is 0.0971 e. The molecule has 0 aromatic heterocycles. The predicted octanol–water partition coefficient (Wildman–Crippen LogP) is 4.17. The quantitative estimate of drug-likeness (QED) is 0.486. The van der Waals surface area contributed by atoms with E-state index in [1.54, 1.807) is 0 Å². The first-order valence-electron chi connectivity index (χ1n) is 5.59. The molecule has 0 radical (unpaired) electrons. The van der Waals surface area contributed by atoms with Gasteiger partial charge in [-0.2, -0.15) is 0 Å². The molecule has 0 aliphatic heterocycles. The highest BCUT2D eigenvalue weighted by molar-refractivity contribution is 8.70. The van der Waals surface area contributed by atoms with Gasteiger partial charge in [-0.25, -0.2) is 9.05 Å². The van der Waals surface area contributed by atoms with Crippen LogP contribution in [0.4, 0.5) is 0 Å². The molecule has 0 aliphatic rings. The van der Waals surface area contributed by atoms with Crippen LogP contribution in [0.2, 0.25) is 0 Å². The van der Waals surface area contributed by atoms with Crippen LogP contribution in [0, 0.1) is 0 Å². The van der Waals surface area contributed by atoms with E-state index >= 15 is 0 Å². The molecule has 0 rings (SSSR count). The van der Waals surface area contributed by atoms with Gasteiger partial charge in [-0.05, 0) is 26.7 Å². The van der Waals surface area contributed by atoms with Crippen molar-refractivity contribution in [2.45, 2.75) is 65.6 Å². The third-order valence-corrected chi connectivity index (χ3v) is 4.28. The van der Waals surface area contributed by atoms with E-state index in [9.17, 15) is 0 Å². The first kappa shape index (κ1) is 16.1. The van der Waals surface area contributed by atoms with Gasteiger partial charge in [0.05, 0.1) is 12.2 Å². The van der Waals surface area contributed by atoms with E-state index in [0.717, 1.165) is 25.7 Å². The van der Waals surface area contributed by atoms with Crippen LogP contribution < -0.4 is 0 Å². The highest BCUT2D eigenvalue weighted by atomic mass is 33.1. The van der Waals surface area contributed by atoms with Gasteiger partial charge in [0, 0.05) is 6.12 Å². The molecule has 0 saturated heterocycles. The van der Waals surface area contributed by atoms with Crippen molar-refractivity contribution in [2.75, 3.05) is 0 Å². The number of hydrogen-bond acceptors (Lipinski definition) is 4. The fourth-order valence-electron chi connectivity index (χ4n) is 1.38. The molecule has 92 valence electrons. The first-order valence-corrected chi connectivity index (χ1v) is 9.24. The Bertz CT molecular complexity index is 152. The van der Waals surface area contributed by atoms with Gasteiger partial charge in [0.1, 0.15) is 0 Å². The lowest BCUT2D eigenvalue weighted by Crippen LogP contribution is -2.13. The summed E-state index contributed by atoms with van der Waals surface area (Å²) in [4.78, 5) is 0. The largest absolute Gasteiger partial charge is 0.515 e. The van der Waals surface area contributed by atoms with Gasteiger partial charge in [-0.1, -0.05) is 26.7 Å². The van der Waals surface area contributed by atoms with Crippen LogP contribution in [0.1, 0.15) is 53.4 Å². The van der Waals surface area contributed by atoms with Crippen molar-refractivity contribution in [2.24, 2.45) is 0 Å². The predicted molar refractivity (Wildman–Crippen MR) is 72.6 cm³/mol. The molecule has 5 heteroatoms. The summed E-state index contributed by atoms with van der Waals surface area (Å²) >= 11 is 10.4. The molecular formula is C10H22O2PS2-. The monoisotopic (exact) mass is 269 g/mol. The minimum Gasteiger partial charge on any atom is -0.515 e. The molecule has 2 atom stereocenters. The Morgan fingerprint density at radius 2 is 1.27 bits per heavy atom. The van der Waals surface area contributed by atoms with Crippen LogP contribution >= 0.6 is 6.12 Å². The van der Waals surface area contributed by atoms with Crippen molar-refractivity contribution in [3.05, 3.63) is 0 Å². The van der Waals surface area contributed by atoms with Crippen molar-refractivity contribution < 1.29 is 9.05 Å². The molecule has 0 amide bonds. The second kappa shape index (κ2) is 8.19. The lowest BCUT2D eigenvalue weighted by Gasteiger charge is -2.38. The van der Waals surface area contributed by atoms with Crippen molar-refractivity contribution in [3.8, 4) is 0 Å². The molecule has 2 unspecified atom stereocenters. The summed E-state index contributed by atoms with van der Waals surface area (Å²) < 4.78 is 11.2. The van der Waals surface area contributed by atoms with Crippen molar-refractivity contribution in [3.63, 3.8) is 0 Å². The Labute approximate surface area is 105 Å². The van der Waals surface area contributed by atoms with Gasteiger partial charge in [-0.3, -0.25) is 0 Å². The SMILES string of the molecule is CCCC(C)O[P+]([S-])([S-])OC(C)CCC.